The molecule has 0 saturated carbocycles. The molecule has 0 radical (unpaired) electrons. The molecule has 1 aliphatic heterocycles. The second-order valence-corrected chi connectivity index (χ2v) is 7.39. The topological polar surface area (TPSA) is 42.1 Å². The molecule has 0 spiro atoms. The van der Waals surface area contributed by atoms with Gasteiger partial charge < -0.3 is 14.4 Å². The lowest BCUT2D eigenvalue weighted by Gasteiger charge is -2.36. The standard InChI is InChI=1S/C23H24N6/c1-19-16-28(18-24-19)21-9-7-20(8-10-21)26-11-13-27(14-12-26)23-15-25-29(17-23)22-5-3-2-4-6-22/h2-10,15-18H,11-14H2,1H3. The third-order valence-corrected chi connectivity index (χ3v) is 5.46. The first-order valence-electron chi connectivity index (χ1n) is 9.97. The smallest absolute Gasteiger partial charge is 0.0995 e. The molecule has 29 heavy (non-hydrogen) atoms. The number of aryl methyl sites for hydroxylation is 1. The number of hydrogen-bond donors (Lipinski definition) is 0. The largest absolute Gasteiger partial charge is 0.368 e. The highest BCUT2D eigenvalue weighted by atomic mass is 15.3. The van der Waals surface area contributed by atoms with Crippen molar-refractivity contribution in [2.75, 3.05) is 36.0 Å². The van der Waals surface area contributed by atoms with Crippen molar-refractivity contribution in [1.82, 2.24) is 19.3 Å². The Morgan fingerprint density at radius 1 is 0.690 bits per heavy atom. The molecule has 4 aromatic rings. The van der Waals surface area contributed by atoms with Crippen LogP contribution in [0.3, 0.4) is 0 Å². The van der Waals surface area contributed by atoms with Crippen LogP contribution in [0.2, 0.25) is 0 Å². The summed E-state index contributed by atoms with van der Waals surface area (Å²) in [5, 5.41) is 4.53. The third-order valence-electron chi connectivity index (χ3n) is 5.46. The summed E-state index contributed by atoms with van der Waals surface area (Å²) in [4.78, 5) is 9.16. The van der Waals surface area contributed by atoms with Gasteiger partial charge >= 0.3 is 0 Å². The summed E-state index contributed by atoms with van der Waals surface area (Å²) >= 11 is 0. The average Bonchev–Trinajstić information content (AvgIpc) is 3.44. The SMILES string of the molecule is Cc1cn(-c2ccc(N3CCN(c4cnn(-c5ccccc5)c4)CC3)cc2)cn1. The zero-order chi connectivity index (χ0) is 19.6. The predicted octanol–water partition coefficient (Wildman–Crippen LogP) is 3.69. The molecule has 0 unspecified atom stereocenters. The van der Waals surface area contributed by atoms with Gasteiger partial charge in [0, 0.05) is 43.8 Å². The Kier molecular flexibility index (Phi) is 4.52. The van der Waals surface area contributed by atoms with Crippen LogP contribution in [0.25, 0.3) is 11.4 Å². The maximum Gasteiger partial charge on any atom is 0.0995 e. The van der Waals surface area contributed by atoms with Gasteiger partial charge in [-0.25, -0.2) is 9.67 Å². The lowest BCUT2D eigenvalue weighted by Crippen LogP contribution is -2.46. The Hall–Kier alpha value is -3.54. The van der Waals surface area contributed by atoms with E-state index in [9.17, 15) is 0 Å². The Bertz CT molecular complexity index is 1070. The summed E-state index contributed by atoms with van der Waals surface area (Å²) in [5.41, 5.74) is 5.71. The van der Waals surface area contributed by atoms with Crippen LogP contribution in [0.15, 0.2) is 79.5 Å². The molecule has 3 heterocycles. The van der Waals surface area contributed by atoms with Gasteiger partial charge in [-0.2, -0.15) is 5.10 Å². The van der Waals surface area contributed by atoms with Crippen LogP contribution < -0.4 is 9.80 Å². The van der Waals surface area contributed by atoms with Crippen LogP contribution in [0, 0.1) is 6.92 Å². The van der Waals surface area contributed by atoms with Crippen molar-refractivity contribution in [2.45, 2.75) is 6.92 Å². The number of hydrogen-bond acceptors (Lipinski definition) is 4. The highest BCUT2D eigenvalue weighted by Crippen LogP contribution is 2.22. The second-order valence-electron chi connectivity index (χ2n) is 7.39. The lowest BCUT2D eigenvalue weighted by molar-refractivity contribution is 0.653. The summed E-state index contributed by atoms with van der Waals surface area (Å²) < 4.78 is 4.00. The highest BCUT2D eigenvalue weighted by molar-refractivity contribution is 5.53. The van der Waals surface area contributed by atoms with E-state index in [2.05, 4.69) is 67.0 Å². The van der Waals surface area contributed by atoms with Gasteiger partial charge in [-0.15, -0.1) is 0 Å². The van der Waals surface area contributed by atoms with Crippen LogP contribution >= 0.6 is 0 Å². The van der Waals surface area contributed by atoms with E-state index in [4.69, 9.17) is 0 Å². The van der Waals surface area contributed by atoms with Crippen molar-refractivity contribution in [3.63, 3.8) is 0 Å². The fourth-order valence-corrected chi connectivity index (χ4v) is 3.82. The van der Waals surface area contributed by atoms with Crippen molar-refractivity contribution in [1.29, 1.82) is 0 Å². The van der Waals surface area contributed by atoms with E-state index in [0.29, 0.717) is 0 Å². The Balaban J connectivity index is 1.23. The van der Waals surface area contributed by atoms with Crippen molar-refractivity contribution in [3.05, 3.63) is 85.2 Å². The second kappa shape index (κ2) is 7.47. The number of anilines is 2. The van der Waals surface area contributed by atoms with Gasteiger partial charge in [0.1, 0.15) is 0 Å². The summed E-state index contributed by atoms with van der Waals surface area (Å²) in [6, 6.07) is 19.0. The van der Waals surface area contributed by atoms with E-state index in [-0.39, 0.29) is 0 Å². The molecular formula is C23H24N6. The molecule has 0 N–H and O–H groups in total. The van der Waals surface area contributed by atoms with Crippen LogP contribution in [0.1, 0.15) is 5.69 Å². The summed E-state index contributed by atoms with van der Waals surface area (Å²) in [7, 11) is 0. The van der Waals surface area contributed by atoms with Crippen LogP contribution in [-0.4, -0.2) is 45.5 Å². The van der Waals surface area contributed by atoms with E-state index >= 15 is 0 Å². The first-order chi connectivity index (χ1) is 14.3. The van der Waals surface area contributed by atoms with Crippen molar-refractivity contribution < 1.29 is 0 Å². The van der Waals surface area contributed by atoms with Gasteiger partial charge in [-0.1, -0.05) is 18.2 Å². The minimum atomic E-state index is 0.989. The molecule has 0 atom stereocenters. The van der Waals surface area contributed by atoms with Crippen molar-refractivity contribution in [3.8, 4) is 11.4 Å². The molecule has 0 amide bonds. The fourth-order valence-electron chi connectivity index (χ4n) is 3.82. The van der Waals surface area contributed by atoms with E-state index in [1.807, 2.05) is 48.5 Å². The quantitative estimate of drug-likeness (QED) is 0.538. The number of imidazole rings is 1. The van der Waals surface area contributed by atoms with Crippen LogP contribution in [-0.2, 0) is 0 Å². The van der Waals surface area contributed by atoms with Gasteiger partial charge in [-0.05, 0) is 43.3 Å². The number of para-hydroxylation sites is 1. The molecule has 5 rings (SSSR count). The molecule has 6 heteroatoms. The minimum absolute atomic E-state index is 0.989. The summed E-state index contributed by atoms with van der Waals surface area (Å²) in [6.07, 6.45) is 7.99. The van der Waals surface area contributed by atoms with Crippen molar-refractivity contribution in [2.24, 2.45) is 0 Å². The van der Waals surface area contributed by atoms with Crippen molar-refractivity contribution >= 4 is 11.4 Å². The molecule has 1 saturated heterocycles. The molecule has 1 fully saturated rings. The maximum absolute atomic E-state index is 4.53. The van der Waals surface area contributed by atoms with Gasteiger partial charge in [0.15, 0.2) is 0 Å². The van der Waals surface area contributed by atoms with E-state index < -0.39 is 0 Å². The van der Waals surface area contributed by atoms with E-state index in [1.54, 1.807) is 0 Å². The molecule has 0 bridgehead atoms. The van der Waals surface area contributed by atoms with Crippen LogP contribution in [0.4, 0.5) is 11.4 Å². The zero-order valence-electron chi connectivity index (χ0n) is 16.5. The maximum atomic E-state index is 4.53. The lowest BCUT2D eigenvalue weighted by atomic mass is 10.2. The number of aromatic nitrogens is 4. The van der Waals surface area contributed by atoms with Gasteiger partial charge in [0.2, 0.25) is 0 Å². The Morgan fingerprint density at radius 2 is 1.34 bits per heavy atom. The summed E-state index contributed by atoms with van der Waals surface area (Å²) in [6.45, 7) is 5.99. The van der Waals surface area contributed by atoms with Gasteiger partial charge in [0.25, 0.3) is 0 Å². The molecule has 146 valence electrons. The number of piperazine rings is 1. The molecule has 2 aromatic heterocycles. The summed E-state index contributed by atoms with van der Waals surface area (Å²) in [5.74, 6) is 0. The Morgan fingerprint density at radius 3 is 2.00 bits per heavy atom. The first-order valence-corrected chi connectivity index (χ1v) is 9.97. The number of nitrogens with zero attached hydrogens (tertiary/aromatic N) is 6. The van der Waals surface area contributed by atoms with Crippen LogP contribution in [0.5, 0.6) is 0 Å². The minimum Gasteiger partial charge on any atom is -0.368 e. The zero-order valence-corrected chi connectivity index (χ0v) is 16.5. The molecule has 1 aliphatic rings. The molecule has 6 nitrogen and oxygen atoms in total. The average molecular weight is 384 g/mol. The fraction of sp³-hybridized carbons (Fsp3) is 0.217. The first kappa shape index (κ1) is 17.6. The van der Waals surface area contributed by atoms with E-state index in [1.165, 1.54) is 11.4 Å². The predicted molar refractivity (Wildman–Crippen MR) is 116 cm³/mol. The molecule has 0 aliphatic carbocycles. The highest BCUT2D eigenvalue weighted by Gasteiger charge is 2.19. The molecule has 2 aromatic carbocycles. The number of benzene rings is 2. The Labute approximate surface area is 170 Å². The third kappa shape index (κ3) is 3.61. The normalized spacial score (nSPS) is 14.4. The van der Waals surface area contributed by atoms with Gasteiger partial charge in [0.05, 0.1) is 35.8 Å². The van der Waals surface area contributed by atoms with E-state index in [0.717, 1.165) is 43.2 Å². The number of rotatable bonds is 4. The molecular weight excluding hydrogens is 360 g/mol. The van der Waals surface area contributed by atoms with Gasteiger partial charge in [-0.3, -0.25) is 0 Å². The monoisotopic (exact) mass is 384 g/mol.